The van der Waals surface area contributed by atoms with E-state index in [-0.39, 0.29) is 11.6 Å². The lowest BCUT2D eigenvalue weighted by molar-refractivity contribution is -0.115. The highest BCUT2D eigenvalue weighted by Gasteiger charge is 2.19. The number of H-pyrrole nitrogens is 1. The maximum atomic E-state index is 12.5. The van der Waals surface area contributed by atoms with Crippen LogP contribution in [0.25, 0.3) is 0 Å². The molecule has 0 saturated heterocycles. The van der Waals surface area contributed by atoms with Gasteiger partial charge in [0.05, 0.1) is 16.0 Å². The molecule has 0 aliphatic carbocycles. The van der Waals surface area contributed by atoms with Crippen molar-refractivity contribution in [2.24, 2.45) is 0 Å². The summed E-state index contributed by atoms with van der Waals surface area (Å²) in [7, 11) is 0. The Bertz CT molecular complexity index is 971. The third kappa shape index (κ3) is 5.02. The van der Waals surface area contributed by atoms with Crippen LogP contribution in [0.2, 0.25) is 5.02 Å². The van der Waals surface area contributed by atoms with E-state index in [1.54, 1.807) is 35.8 Å². The molecule has 2 aromatic carbocycles. The number of nitrogens with zero attached hydrogens (tertiary/aromatic N) is 2. The molecule has 0 fully saturated rings. The molecule has 3 aromatic rings. The van der Waals surface area contributed by atoms with Crippen LogP contribution in [0.5, 0.6) is 0 Å². The molecule has 0 radical (unpaired) electrons. The molecule has 6 nitrogen and oxygen atoms in total. The average molecular weight is 403 g/mol. The highest BCUT2D eigenvalue weighted by Crippen LogP contribution is 2.24. The lowest BCUT2D eigenvalue weighted by Crippen LogP contribution is -2.24. The van der Waals surface area contributed by atoms with Gasteiger partial charge in [-0.2, -0.15) is 0 Å². The molecule has 2 N–H and O–H groups in total. The molecule has 140 valence electrons. The van der Waals surface area contributed by atoms with Gasteiger partial charge in [-0.05, 0) is 31.0 Å². The smallest absolute Gasteiger partial charge is 0.324 e. The first-order valence-corrected chi connectivity index (χ1v) is 9.71. The molecule has 1 aromatic heterocycles. The van der Waals surface area contributed by atoms with Gasteiger partial charge >= 0.3 is 5.69 Å². The number of benzene rings is 2. The fourth-order valence-corrected chi connectivity index (χ4v) is 3.55. The maximum Gasteiger partial charge on any atom is 0.343 e. The number of anilines is 1. The highest BCUT2D eigenvalue weighted by atomic mass is 35.5. The summed E-state index contributed by atoms with van der Waals surface area (Å²) in [5, 5.41) is 9.82. The zero-order chi connectivity index (χ0) is 19.2. The number of aromatic amines is 1. The quantitative estimate of drug-likeness (QED) is 0.592. The Morgan fingerprint density at radius 1 is 1.22 bits per heavy atom. The minimum Gasteiger partial charge on any atom is -0.324 e. The van der Waals surface area contributed by atoms with E-state index in [4.69, 9.17) is 11.6 Å². The molecule has 1 atom stereocenters. The fraction of sp³-hybridized carbons (Fsp3) is 0.211. The Hall–Kier alpha value is -2.51. The van der Waals surface area contributed by atoms with Crippen molar-refractivity contribution in [2.75, 3.05) is 5.32 Å². The van der Waals surface area contributed by atoms with E-state index in [0.717, 1.165) is 5.56 Å². The highest BCUT2D eigenvalue weighted by molar-refractivity contribution is 8.00. The normalized spacial score (nSPS) is 11.9. The number of halogens is 1. The van der Waals surface area contributed by atoms with E-state index in [1.165, 1.54) is 11.8 Å². The number of carbonyl (C=O) groups excluding carboxylic acids is 1. The van der Waals surface area contributed by atoms with Gasteiger partial charge in [0.15, 0.2) is 5.16 Å². The van der Waals surface area contributed by atoms with Crippen LogP contribution in [-0.4, -0.2) is 25.9 Å². The summed E-state index contributed by atoms with van der Waals surface area (Å²) in [6.07, 6.45) is 0.702. The number of rotatable bonds is 7. The van der Waals surface area contributed by atoms with E-state index >= 15 is 0 Å². The van der Waals surface area contributed by atoms with Crippen LogP contribution in [0.1, 0.15) is 12.5 Å². The first-order chi connectivity index (χ1) is 13.0. The minimum atomic E-state index is -0.452. The van der Waals surface area contributed by atoms with Gasteiger partial charge in [0.2, 0.25) is 5.91 Å². The summed E-state index contributed by atoms with van der Waals surface area (Å²) in [5.74, 6) is -0.210. The van der Waals surface area contributed by atoms with Gasteiger partial charge in [-0.15, -0.1) is 5.10 Å². The molecule has 0 unspecified atom stereocenters. The van der Waals surface area contributed by atoms with Crippen molar-refractivity contribution in [3.8, 4) is 0 Å². The standard InChI is InChI=1S/C19H19ClN4O2S/c1-13(17(25)21-16-10-6-5-9-15(16)20)27-19-23-22-18(26)24(19)12-11-14-7-3-2-4-8-14/h2-10,13H,11-12H2,1H3,(H,21,25)(H,22,26)/t13-/m1/s1. The van der Waals surface area contributed by atoms with Gasteiger partial charge in [0.1, 0.15) is 0 Å². The lowest BCUT2D eigenvalue weighted by Gasteiger charge is -2.13. The average Bonchev–Trinajstić information content (AvgIpc) is 3.02. The summed E-state index contributed by atoms with van der Waals surface area (Å²) in [4.78, 5) is 24.5. The summed E-state index contributed by atoms with van der Waals surface area (Å²) in [5.41, 5.74) is 1.40. The topological polar surface area (TPSA) is 79.8 Å². The molecular formula is C19H19ClN4O2S. The number of hydrogen-bond donors (Lipinski definition) is 2. The lowest BCUT2D eigenvalue weighted by atomic mass is 10.1. The minimum absolute atomic E-state index is 0.210. The molecule has 27 heavy (non-hydrogen) atoms. The fourth-order valence-electron chi connectivity index (χ4n) is 2.48. The van der Waals surface area contributed by atoms with Crippen LogP contribution in [0.4, 0.5) is 5.69 Å². The number of hydrogen-bond acceptors (Lipinski definition) is 4. The van der Waals surface area contributed by atoms with Crippen molar-refractivity contribution < 1.29 is 4.79 Å². The Morgan fingerprint density at radius 2 is 1.93 bits per heavy atom. The van der Waals surface area contributed by atoms with Crippen molar-refractivity contribution in [3.63, 3.8) is 0 Å². The summed E-state index contributed by atoms with van der Waals surface area (Å²) in [6, 6.07) is 16.9. The molecule has 3 rings (SSSR count). The van der Waals surface area contributed by atoms with Crippen LogP contribution < -0.4 is 11.0 Å². The molecule has 8 heteroatoms. The molecule has 0 bridgehead atoms. The van der Waals surface area contributed by atoms with E-state index in [9.17, 15) is 9.59 Å². The Balaban J connectivity index is 1.65. The first kappa shape index (κ1) is 19.3. The molecule has 1 heterocycles. The summed E-state index contributed by atoms with van der Waals surface area (Å²) < 4.78 is 1.55. The van der Waals surface area contributed by atoms with Crippen molar-refractivity contribution in [3.05, 3.63) is 75.7 Å². The Labute approximate surface area is 165 Å². The van der Waals surface area contributed by atoms with Crippen molar-refractivity contribution >= 4 is 35.0 Å². The van der Waals surface area contributed by atoms with Gasteiger partial charge in [-0.25, -0.2) is 9.89 Å². The molecular weight excluding hydrogens is 384 g/mol. The molecule has 0 spiro atoms. The van der Waals surface area contributed by atoms with Crippen molar-refractivity contribution in [1.82, 2.24) is 14.8 Å². The van der Waals surface area contributed by atoms with E-state index < -0.39 is 5.25 Å². The van der Waals surface area contributed by atoms with E-state index in [1.807, 2.05) is 30.3 Å². The molecule has 0 aliphatic heterocycles. The number of aryl methyl sites for hydroxylation is 1. The van der Waals surface area contributed by atoms with Crippen LogP contribution >= 0.6 is 23.4 Å². The SMILES string of the molecule is C[C@@H](Sc1n[nH]c(=O)n1CCc1ccccc1)C(=O)Nc1ccccc1Cl. The van der Waals surface area contributed by atoms with Gasteiger partial charge in [-0.1, -0.05) is 65.8 Å². The number of thioether (sulfide) groups is 1. The van der Waals surface area contributed by atoms with Crippen LogP contribution in [-0.2, 0) is 17.8 Å². The number of nitrogens with one attached hydrogen (secondary N) is 2. The van der Waals surface area contributed by atoms with Crippen LogP contribution in [0, 0.1) is 0 Å². The molecule has 1 amide bonds. The second-order valence-electron chi connectivity index (χ2n) is 5.93. The second kappa shape index (κ2) is 8.92. The van der Waals surface area contributed by atoms with Gasteiger partial charge in [0.25, 0.3) is 0 Å². The molecule has 0 aliphatic rings. The predicted octanol–water partition coefficient (Wildman–Crippen LogP) is 3.59. The summed E-state index contributed by atoms with van der Waals surface area (Å²) >= 11 is 7.30. The van der Waals surface area contributed by atoms with Crippen LogP contribution in [0.15, 0.2) is 64.5 Å². The second-order valence-corrected chi connectivity index (χ2v) is 7.64. The number of amides is 1. The van der Waals surface area contributed by atoms with Gasteiger partial charge < -0.3 is 5.32 Å². The third-order valence-corrected chi connectivity index (χ3v) is 5.39. The predicted molar refractivity (Wildman–Crippen MR) is 108 cm³/mol. The Morgan fingerprint density at radius 3 is 2.67 bits per heavy atom. The third-order valence-electron chi connectivity index (χ3n) is 3.97. The largest absolute Gasteiger partial charge is 0.343 e. The Kier molecular flexibility index (Phi) is 6.36. The number of aromatic nitrogens is 3. The van der Waals surface area contributed by atoms with Crippen molar-refractivity contribution in [1.29, 1.82) is 0 Å². The first-order valence-electron chi connectivity index (χ1n) is 8.46. The van der Waals surface area contributed by atoms with Gasteiger partial charge in [-0.3, -0.25) is 9.36 Å². The van der Waals surface area contributed by atoms with E-state index in [0.29, 0.717) is 28.8 Å². The monoisotopic (exact) mass is 402 g/mol. The zero-order valence-electron chi connectivity index (χ0n) is 14.7. The van der Waals surface area contributed by atoms with Gasteiger partial charge in [0, 0.05) is 6.54 Å². The summed E-state index contributed by atoms with van der Waals surface area (Å²) in [6.45, 7) is 2.25. The number of para-hydroxylation sites is 1. The maximum absolute atomic E-state index is 12.5. The van der Waals surface area contributed by atoms with E-state index in [2.05, 4.69) is 15.5 Å². The van der Waals surface area contributed by atoms with Crippen LogP contribution in [0.3, 0.4) is 0 Å². The number of carbonyl (C=O) groups is 1. The van der Waals surface area contributed by atoms with Crippen molar-refractivity contribution in [2.45, 2.75) is 30.3 Å². The molecule has 0 saturated carbocycles. The zero-order valence-corrected chi connectivity index (χ0v) is 16.3.